The van der Waals surface area contributed by atoms with Gasteiger partial charge >= 0.3 is 0 Å². The SMILES string of the molecule is CCOc1ccc(/C=C/C(=O)c2cc(OC)c(OC)c(OC)c2)cc1. The van der Waals surface area contributed by atoms with Gasteiger partial charge in [0.2, 0.25) is 5.75 Å². The van der Waals surface area contributed by atoms with E-state index in [4.69, 9.17) is 18.9 Å². The molecule has 0 unspecified atom stereocenters. The summed E-state index contributed by atoms with van der Waals surface area (Å²) in [5.41, 5.74) is 1.36. The number of carbonyl (C=O) groups is 1. The largest absolute Gasteiger partial charge is 0.494 e. The van der Waals surface area contributed by atoms with Crippen LogP contribution < -0.4 is 18.9 Å². The first-order valence-corrected chi connectivity index (χ1v) is 7.88. The lowest BCUT2D eigenvalue weighted by molar-refractivity contribution is 0.104. The molecule has 0 heterocycles. The number of hydrogen-bond acceptors (Lipinski definition) is 5. The second-order valence-electron chi connectivity index (χ2n) is 5.11. The highest BCUT2D eigenvalue weighted by molar-refractivity contribution is 6.07. The third-order valence-corrected chi connectivity index (χ3v) is 3.57. The molecule has 2 aromatic carbocycles. The van der Waals surface area contributed by atoms with E-state index < -0.39 is 0 Å². The number of carbonyl (C=O) groups excluding carboxylic acids is 1. The maximum Gasteiger partial charge on any atom is 0.203 e. The number of rotatable bonds is 8. The minimum absolute atomic E-state index is 0.159. The van der Waals surface area contributed by atoms with Crippen LogP contribution in [0.25, 0.3) is 6.08 Å². The monoisotopic (exact) mass is 342 g/mol. The van der Waals surface area contributed by atoms with Crippen LogP contribution in [0.3, 0.4) is 0 Å². The van der Waals surface area contributed by atoms with Crippen LogP contribution in [-0.2, 0) is 0 Å². The maximum absolute atomic E-state index is 12.5. The number of allylic oxidation sites excluding steroid dienone is 1. The lowest BCUT2D eigenvalue weighted by atomic mass is 10.1. The summed E-state index contributed by atoms with van der Waals surface area (Å²) in [6.45, 7) is 2.55. The zero-order valence-electron chi connectivity index (χ0n) is 14.9. The normalized spacial score (nSPS) is 10.6. The molecule has 0 saturated carbocycles. The van der Waals surface area contributed by atoms with Crippen molar-refractivity contribution in [3.63, 3.8) is 0 Å². The van der Waals surface area contributed by atoms with Crippen molar-refractivity contribution in [3.8, 4) is 23.0 Å². The Morgan fingerprint density at radius 1 is 0.960 bits per heavy atom. The summed E-state index contributed by atoms with van der Waals surface area (Å²) in [6, 6.07) is 10.8. The third-order valence-electron chi connectivity index (χ3n) is 3.57. The van der Waals surface area contributed by atoms with E-state index in [-0.39, 0.29) is 5.78 Å². The number of ketones is 1. The van der Waals surface area contributed by atoms with Crippen molar-refractivity contribution in [1.29, 1.82) is 0 Å². The molecule has 0 spiro atoms. The number of hydrogen-bond donors (Lipinski definition) is 0. The van der Waals surface area contributed by atoms with Crippen molar-refractivity contribution in [3.05, 3.63) is 53.6 Å². The Hall–Kier alpha value is -2.95. The van der Waals surface area contributed by atoms with Crippen molar-refractivity contribution in [1.82, 2.24) is 0 Å². The fourth-order valence-corrected chi connectivity index (χ4v) is 2.33. The van der Waals surface area contributed by atoms with Gasteiger partial charge in [-0.2, -0.15) is 0 Å². The van der Waals surface area contributed by atoms with Crippen LogP contribution in [0.4, 0.5) is 0 Å². The van der Waals surface area contributed by atoms with Crippen LogP contribution in [0.2, 0.25) is 0 Å². The van der Waals surface area contributed by atoms with Gasteiger partial charge in [0, 0.05) is 5.56 Å². The van der Waals surface area contributed by atoms with E-state index in [1.807, 2.05) is 31.2 Å². The second kappa shape index (κ2) is 8.78. The molecular weight excluding hydrogens is 320 g/mol. The van der Waals surface area contributed by atoms with E-state index in [1.54, 1.807) is 18.2 Å². The third kappa shape index (κ3) is 4.53. The van der Waals surface area contributed by atoms with Crippen LogP contribution in [0.15, 0.2) is 42.5 Å². The minimum Gasteiger partial charge on any atom is -0.494 e. The van der Waals surface area contributed by atoms with Gasteiger partial charge in [-0.25, -0.2) is 0 Å². The second-order valence-corrected chi connectivity index (χ2v) is 5.11. The van der Waals surface area contributed by atoms with E-state index in [0.717, 1.165) is 11.3 Å². The lowest BCUT2D eigenvalue weighted by Gasteiger charge is -2.13. The highest BCUT2D eigenvalue weighted by Gasteiger charge is 2.15. The number of methoxy groups -OCH3 is 3. The minimum atomic E-state index is -0.159. The average molecular weight is 342 g/mol. The fraction of sp³-hybridized carbons (Fsp3) is 0.250. The summed E-state index contributed by atoms with van der Waals surface area (Å²) < 4.78 is 21.2. The van der Waals surface area contributed by atoms with Gasteiger partial charge in [-0.1, -0.05) is 18.2 Å². The Bertz CT molecular complexity index is 722. The van der Waals surface area contributed by atoms with E-state index in [0.29, 0.717) is 29.4 Å². The smallest absolute Gasteiger partial charge is 0.203 e. The topological polar surface area (TPSA) is 54.0 Å². The predicted molar refractivity (Wildman–Crippen MR) is 97.1 cm³/mol. The Morgan fingerprint density at radius 3 is 2.04 bits per heavy atom. The lowest BCUT2D eigenvalue weighted by Crippen LogP contribution is -2.00. The molecule has 0 aliphatic rings. The molecule has 0 amide bonds. The van der Waals surface area contributed by atoms with Gasteiger partial charge in [0.1, 0.15) is 5.75 Å². The van der Waals surface area contributed by atoms with Crippen molar-refractivity contribution >= 4 is 11.9 Å². The molecule has 25 heavy (non-hydrogen) atoms. The molecule has 0 atom stereocenters. The molecule has 0 aliphatic carbocycles. The van der Waals surface area contributed by atoms with Crippen molar-refractivity contribution in [2.45, 2.75) is 6.92 Å². The van der Waals surface area contributed by atoms with E-state index in [9.17, 15) is 4.79 Å². The van der Waals surface area contributed by atoms with Gasteiger partial charge in [-0.3, -0.25) is 4.79 Å². The standard InChI is InChI=1S/C20H22O5/c1-5-25-16-9-6-14(7-10-16)8-11-17(21)15-12-18(22-2)20(24-4)19(13-15)23-3/h6-13H,5H2,1-4H3/b11-8+. The van der Waals surface area contributed by atoms with Gasteiger partial charge in [-0.05, 0) is 42.8 Å². The van der Waals surface area contributed by atoms with Gasteiger partial charge in [-0.15, -0.1) is 0 Å². The first kappa shape index (κ1) is 18.4. The zero-order chi connectivity index (χ0) is 18.2. The zero-order valence-corrected chi connectivity index (χ0v) is 14.9. The maximum atomic E-state index is 12.5. The molecular formula is C20H22O5. The van der Waals surface area contributed by atoms with Gasteiger partial charge < -0.3 is 18.9 Å². The van der Waals surface area contributed by atoms with Crippen LogP contribution in [0, 0.1) is 0 Å². The average Bonchev–Trinajstić information content (AvgIpc) is 2.66. The molecule has 132 valence electrons. The molecule has 0 aromatic heterocycles. The Balaban J connectivity index is 2.22. The molecule has 0 N–H and O–H groups in total. The van der Waals surface area contributed by atoms with Gasteiger partial charge in [0.15, 0.2) is 17.3 Å². The summed E-state index contributed by atoms with van der Waals surface area (Å²) >= 11 is 0. The molecule has 0 aliphatic heterocycles. The molecule has 0 radical (unpaired) electrons. The van der Waals surface area contributed by atoms with E-state index >= 15 is 0 Å². The number of benzene rings is 2. The van der Waals surface area contributed by atoms with Crippen LogP contribution in [0.5, 0.6) is 23.0 Å². The van der Waals surface area contributed by atoms with Crippen molar-refractivity contribution < 1.29 is 23.7 Å². The van der Waals surface area contributed by atoms with Crippen LogP contribution in [-0.4, -0.2) is 33.7 Å². The summed E-state index contributed by atoms with van der Waals surface area (Å²) in [5, 5.41) is 0. The quantitative estimate of drug-likeness (QED) is 0.536. The van der Waals surface area contributed by atoms with E-state index in [2.05, 4.69) is 0 Å². The van der Waals surface area contributed by atoms with Gasteiger partial charge in [0.05, 0.1) is 27.9 Å². The summed E-state index contributed by atoms with van der Waals surface area (Å²) in [4.78, 5) is 12.5. The van der Waals surface area contributed by atoms with Crippen LogP contribution >= 0.6 is 0 Å². The Labute approximate surface area is 147 Å². The molecule has 0 saturated heterocycles. The predicted octanol–water partition coefficient (Wildman–Crippen LogP) is 4.01. The Kier molecular flexibility index (Phi) is 6.46. The highest BCUT2D eigenvalue weighted by Crippen LogP contribution is 2.38. The number of ether oxygens (including phenoxy) is 4. The molecule has 5 heteroatoms. The molecule has 5 nitrogen and oxygen atoms in total. The molecule has 2 rings (SSSR count). The van der Waals surface area contributed by atoms with Crippen LogP contribution in [0.1, 0.15) is 22.8 Å². The van der Waals surface area contributed by atoms with E-state index in [1.165, 1.54) is 27.4 Å². The molecule has 0 bridgehead atoms. The Morgan fingerprint density at radius 2 is 1.56 bits per heavy atom. The van der Waals surface area contributed by atoms with Crippen molar-refractivity contribution in [2.24, 2.45) is 0 Å². The van der Waals surface area contributed by atoms with Crippen molar-refractivity contribution in [2.75, 3.05) is 27.9 Å². The summed E-state index contributed by atoms with van der Waals surface area (Å²) in [6.07, 6.45) is 3.26. The highest BCUT2D eigenvalue weighted by atomic mass is 16.5. The first-order chi connectivity index (χ1) is 12.1. The first-order valence-electron chi connectivity index (χ1n) is 7.88. The summed E-state index contributed by atoms with van der Waals surface area (Å²) in [7, 11) is 4.55. The van der Waals surface area contributed by atoms with Gasteiger partial charge in [0.25, 0.3) is 0 Å². The molecule has 2 aromatic rings. The molecule has 0 fully saturated rings. The fourth-order valence-electron chi connectivity index (χ4n) is 2.33. The summed E-state index contributed by atoms with van der Waals surface area (Å²) in [5.74, 6) is 1.99.